The van der Waals surface area contributed by atoms with Crippen molar-refractivity contribution in [3.8, 4) is 34.6 Å². The van der Waals surface area contributed by atoms with Gasteiger partial charge in [-0.25, -0.2) is 13.6 Å². The zero-order valence-corrected chi connectivity index (χ0v) is 18.4. The first-order chi connectivity index (χ1) is 15.8. The molecular weight excluding hydrogens is 422 g/mol. The molecule has 3 aromatic rings. The first kappa shape index (κ1) is 22.7. The average molecular weight is 446 g/mol. The molecule has 33 heavy (non-hydrogen) atoms. The van der Waals surface area contributed by atoms with E-state index >= 15 is 0 Å². The molecule has 0 amide bonds. The third kappa shape index (κ3) is 3.92. The van der Waals surface area contributed by atoms with Gasteiger partial charge in [0.1, 0.15) is 11.6 Å². The maximum absolute atomic E-state index is 13.7. The molecule has 1 saturated heterocycles. The van der Waals surface area contributed by atoms with Gasteiger partial charge >= 0.3 is 5.97 Å². The number of hydrogen-bond donors (Lipinski definition) is 1. The van der Waals surface area contributed by atoms with Gasteiger partial charge < -0.3 is 9.84 Å². The lowest BCUT2D eigenvalue weighted by Crippen LogP contribution is -2.51. The van der Waals surface area contributed by atoms with Crippen molar-refractivity contribution in [2.45, 2.75) is 37.7 Å². The normalized spacial score (nSPS) is 20.4. The smallest absolute Gasteiger partial charge is 0.331 e. The van der Waals surface area contributed by atoms with Crippen LogP contribution in [0, 0.1) is 24.0 Å². The second kappa shape index (κ2) is 8.80. The molecule has 1 aliphatic rings. The number of rotatable bonds is 4. The molecule has 1 heterocycles. The summed E-state index contributed by atoms with van der Waals surface area (Å²) >= 11 is 0. The van der Waals surface area contributed by atoms with Crippen molar-refractivity contribution in [1.29, 1.82) is 0 Å². The van der Waals surface area contributed by atoms with E-state index in [0.717, 1.165) is 16.7 Å². The molecule has 3 nitrogen and oxygen atoms in total. The highest BCUT2D eigenvalue weighted by Crippen LogP contribution is 2.45. The number of carbonyl (C=O) groups is 1. The summed E-state index contributed by atoms with van der Waals surface area (Å²) in [6.07, 6.45) is 5.01. The van der Waals surface area contributed by atoms with Crippen molar-refractivity contribution < 1.29 is 23.4 Å². The minimum atomic E-state index is -1.71. The lowest BCUT2D eigenvalue weighted by Gasteiger charge is -2.39. The third-order valence-corrected chi connectivity index (χ3v) is 6.19. The van der Waals surface area contributed by atoms with Crippen LogP contribution >= 0.6 is 0 Å². The summed E-state index contributed by atoms with van der Waals surface area (Å²) in [7, 11) is 0. The highest BCUT2D eigenvalue weighted by molar-refractivity contribution is 5.94. The van der Waals surface area contributed by atoms with Crippen molar-refractivity contribution in [2.24, 2.45) is 0 Å². The topological polar surface area (TPSA) is 46.5 Å². The largest absolute Gasteiger partial charge is 0.464 e. The second-order valence-electron chi connectivity index (χ2n) is 8.55. The Balaban J connectivity index is 2.10. The van der Waals surface area contributed by atoms with Crippen LogP contribution < -0.4 is 0 Å². The molecule has 0 aliphatic carbocycles. The Bertz CT molecular complexity index is 1220. The Kier molecular flexibility index (Phi) is 6.05. The highest BCUT2D eigenvalue weighted by Gasteiger charge is 2.52. The number of benzene rings is 3. The van der Waals surface area contributed by atoms with Gasteiger partial charge in [0.2, 0.25) is 0 Å². The number of esters is 1. The van der Waals surface area contributed by atoms with E-state index in [1.807, 2.05) is 26.0 Å². The Morgan fingerprint density at radius 1 is 1.00 bits per heavy atom. The fourth-order valence-electron chi connectivity index (χ4n) is 4.45. The van der Waals surface area contributed by atoms with Crippen LogP contribution in [0.3, 0.4) is 0 Å². The Hall–Kier alpha value is -3.49. The molecule has 0 spiro atoms. The summed E-state index contributed by atoms with van der Waals surface area (Å²) in [5.41, 5.74) is 2.32. The molecule has 5 heteroatoms. The van der Waals surface area contributed by atoms with Crippen molar-refractivity contribution in [1.82, 2.24) is 0 Å². The number of ether oxygens (including phenoxy) is 1. The van der Waals surface area contributed by atoms with Crippen LogP contribution in [-0.4, -0.2) is 23.8 Å². The minimum absolute atomic E-state index is 0.0771. The zero-order chi connectivity index (χ0) is 23.8. The van der Waals surface area contributed by atoms with Gasteiger partial charge in [-0.05, 0) is 69.6 Å². The summed E-state index contributed by atoms with van der Waals surface area (Å²) in [4.78, 5) is 13.1. The molecule has 168 valence electrons. The average Bonchev–Trinajstić information content (AvgIpc) is 2.80. The van der Waals surface area contributed by atoms with Crippen molar-refractivity contribution in [3.05, 3.63) is 83.4 Å². The number of aliphatic hydroxyl groups is 1. The van der Waals surface area contributed by atoms with Gasteiger partial charge in [-0.2, -0.15) is 0 Å². The maximum Gasteiger partial charge on any atom is 0.331 e. The predicted octanol–water partition coefficient (Wildman–Crippen LogP) is 5.60. The lowest BCUT2D eigenvalue weighted by atomic mass is 9.67. The van der Waals surface area contributed by atoms with Crippen LogP contribution in [0.25, 0.3) is 22.3 Å². The molecule has 0 aromatic heterocycles. The second-order valence-corrected chi connectivity index (χ2v) is 8.55. The Morgan fingerprint density at radius 3 is 2.09 bits per heavy atom. The van der Waals surface area contributed by atoms with E-state index in [1.165, 1.54) is 24.3 Å². The van der Waals surface area contributed by atoms with E-state index in [4.69, 9.17) is 11.2 Å². The van der Waals surface area contributed by atoms with E-state index in [9.17, 15) is 18.7 Å². The molecule has 0 radical (unpaired) electrons. The molecule has 0 saturated carbocycles. The summed E-state index contributed by atoms with van der Waals surface area (Å²) in [5.74, 6) is 1.06. The summed E-state index contributed by atoms with van der Waals surface area (Å²) in [6.45, 7) is 4.01. The Labute approximate surface area is 192 Å². The quantitative estimate of drug-likeness (QED) is 0.419. The van der Waals surface area contributed by atoms with E-state index in [-0.39, 0.29) is 24.8 Å². The molecule has 4 rings (SSSR count). The van der Waals surface area contributed by atoms with Gasteiger partial charge in [-0.15, -0.1) is 6.42 Å². The van der Waals surface area contributed by atoms with Crippen LogP contribution in [0.2, 0.25) is 0 Å². The summed E-state index contributed by atoms with van der Waals surface area (Å²) < 4.78 is 32.6. The molecular formula is C28H24F2O3. The highest BCUT2D eigenvalue weighted by atomic mass is 19.1. The van der Waals surface area contributed by atoms with Crippen LogP contribution in [0.4, 0.5) is 8.78 Å². The first-order valence-corrected chi connectivity index (χ1v) is 10.8. The molecule has 1 N–H and O–H groups in total. The van der Waals surface area contributed by atoms with Gasteiger partial charge in [0.05, 0.1) is 12.7 Å². The first-order valence-electron chi connectivity index (χ1n) is 10.8. The Morgan fingerprint density at radius 2 is 1.58 bits per heavy atom. The van der Waals surface area contributed by atoms with Crippen LogP contribution in [0.15, 0.2) is 60.7 Å². The van der Waals surface area contributed by atoms with Crippen molar-refractivity contribution >= 4 is 5.97 Å². The number of aliphatic hydroxyl groups excluding tert-OH is 1. The van der Waals surface area contributed by atoms with Crippen molar-refractivity contribution in [2.75, 3.05) is 6.61 Å². The SMILES string of the molecule is C#C[C@]1(c2c(-c3ccc(F)cc3)cc(-c3ccc(F)cc3)cc2C(C)C)C(=O)OCCC1O. The third-order valence-electron chi connectivity index (χ3n) is 6.19. The molecule has 1 unspecified atom stereocenters. The van der Waals surface area contributed by atoms with Gasteiger partial charge in [-0.1, -0.05) is 50.1 Å². The summed E-state index contributed by atoms with van der Waals surface area (Å²) in [6, 6.07) is 15.7. The predicted molar refractivity (Wildman–Crippen MR) is 123 cm³/mol. The number of hydrogen-bond acceptors (Lipinski definition) is 3. The molecule has 0 bridgehead atoms. The fraction of sp³-hybridized carbons (Fsp3) is 0.250. The molecule has 1 fully saturated rings. The van der Waals surface area contributed by atoms with Gasteiger partial charge in [0.15, 0.2) is 5.41 Å². The maximum atomic E-state index is 13.7. The van der Waals surface area contributed by atoms with Gasteiger partial charge in [-0.3, -0.25) is 0 Å². The molecule has 3 aromatic carbocycles. The van der Waals surface area contributed by atoms with Crippen LogP contribution in [-0.2, 0) is 14.9 Å². The van der Waals surface area contributed by atoms with Crippen molar-refractivity contribution in [3.63, 3.8) is 0 Å². The molecule has 1 aliphatic heterocycles. The monoisotopic (exact) mass is 446 g/mol. The number of terminal acetylenes is 1. The zero-order valence-electron chi connectivity index (χ0n) is 18.4. The summed E-state index contributed by atoms with van der Waals surface area (Å²) in [5, 5.41) is 11.0. The minimum Gasteiger partial charge on any atom is -0.464 e. The van der Waals surface area contributed by atoms with Gasteiger partial charge in [0, 0.05) is 6.42 Å². The number of cyclic esters (lactones) is 1. The number of carbonyl (C=O) groups excluding carboxylic acids is 1. The van der Waals surface area contributed by atoms with Gasteiger partial charge in [0.25, 0.3) is 0 Å². The van der Waals surface area contributed by atoms with E-state index in [1.54, 1.807) is 24.3 Å². The van der Waals surface area contributed by atoms with E-state index in [0.29, 0.717) is 16.7 Å². The van der Waals surface area contributed by atoms with E-state index in [2.05, 4.69) is 5.92 Å². The van der Waals surface area contributed by atoms with Crippen LogP contribution in [0.1, 0.15) is 37.3 Å². The fourth-order valence-corrected chi connectivity index (χ4v) is 4.45. The number of halogens is 2. The standard InChI is InChI=1S/C28H24F2O3/c1-4-28(25(31)13-14-33-27(28)32)26-23(17(2)3)15-20(18-5-9-21(29)10-6-18)16-24(26)19-7-11-22(30)12-8-19/h1,5-12,15-17,25,31H,13-14H2,2-3H3/t25?,28-/m0/s1. The molecule has 2 atom stereocenters. The van der Waals surface area contributed by atoms with E-state index < -0.39 is 23.3 Å². The van der Waals surface area contributed by atoms with Crippen LogP contribution in [0.5, 0.6) is 0 Å². The lowest BCUT2D eigenvalue weighted by molar-refractivity contribution is -0.160.